The van der Waals surface area contributed by atoms with Crippen molar-refractivity contribution in [3.63, 3.8) is 0 Å². The maximum atomic E-state index is 13.1. The molecule has 0 aliphatic heterocycles. The zero-order valence-electron chi connectivity index (χ0n) is 16.2. The van der Waals surface area contributed by atoms with Crippen LogP contribution < -0.4 is 16.0 Å². The molecule has 3 aromatic rings. The summed E-state index contributed by atoms with van der Waals surface area (Å²) in [5.41, 5.74) is 0.586. The minimum atomic E-state index is -1.42. The van der Waals surface area contributed by atoms with E-state index >= 15 is 0 Å². The molecule has 0 bridgehead atoms. The lowest BCUT2D eigenvalue weighted by atomic mass is 9.97. The SMILES string of the molecule is CC[C@H](C)[C@@H](C(=O)N[C@H](C(=O)[O-])c1ccccc1)n1cnc2ccccc2c1=O. The van der Waals surface area contributed by atoms with Crippen LogP contribution in [0.5, 0.6) is 0 Å². The van der Waals surface area contributed by atoms with Gasteiger partial charge in [0.2, 0.25) is 5.91 Å². The van der Waals surface area contributed by atoms with Gasteiger partial charge in [0.25, 0.3) is 5.56 Å². The Balaban J connectivity index is 2.01. The molecule has 1 amide bonds. The normalized spacial score (nSPS) is 14.1. The Hall–Kier alpha value is -3.48. The van der Waals surface area contributed by atoms with E-state index in [2.05, 4.69) is 10.3 Å². The van der Waals surface area contributed by atoms with Gasteiger partial charge in [0.15, 0.2) is 0 Å². The molecule has 0 aliphatic carbocycles. The maximum absolute atomic E-state index is 13.1. The van der Waals surface area contributed by atoms with Crippen LogP contribution in [-0.2, 0) is 9.59 Å². The second-order valence-electron chi connectivity index (χ2n) is 6.98. The van der Waals surface area contributed by atoms with Crippen molar-refractivity contribution < 1.29 is 14.7 Å². The number of rotatable bonds is 7. The van der Waals surface area contributed by atoms with E-state index in [0.717, 1.165) is 0 Å². The van der Waals surface area contributed by atoms with E-state index in [1.807, 2.05) is 13.8 Å². The van der Waals surface area contributed by atoms with Crippen molar-refractivity contribution in [3.8, 4) is 0 Å². The molecule has 3 rings (SSSR count). The third kappa shape index (κ3) is 4.18. The molecule has 0 saturated carbocycles. The highest BCUT2D eigenvalue weighted by atomic mass is 16.4. The molecule has 1 aromatic heterocycles. The van der Waals surface area contributed by atoms with E-state index in [-0.39, 0.29) is 11.5 Å². The maximum Gasteiger partial charge on any atom is 0.261 e. The predicted octanol–water partition coefficient (Wildman–Crippen LogP) is 1.59. The number of carbonyl (C=O) groups is 2. The van der Waals surface area contributed by atoms with Crippen LogP contribution in [0.25, 0.3) is 10.9 Å². The molecule has 150 valence electrons. The Labute approximate surface area is 168 Å². The number of carboxylic acids is 1. The summed E-state index contributed by atoms with van der Waals surface area (Å²) in [6.45, 7) is 3.74. The highest BCUT2D eigenvalue weighted by Gasteiger charge is 2.29. The first-order chi connectivity index (χ1) is 13.9. The number of carbonyl (C=O) groups excluding carboxylic acids is 2. The van der Waals surface area contributed by atoms with E-state index < -0.39 is 24.0 Å². The fourth-order valence-corrected chi connectivity index (χ4v) is 3.31. The number of benzene rings is 2. The van der Waals surface area contributed by atoms with Gasteiger partial charge in [-0.05, 0) is 23.6 Å². The molecule has 1 heterocycles. The number of aliphatic carboxylic acids is 1. The van der Waals surface area contributed by atoms with Gasteiger partial charge in [-0.15, -0.1) is 0 Å². The van der Waals surface area contributed by atoms with Crippen molar-refractivity contribution in [2.24, 2.45) is 5.92 Å². The summed E-state index contributed by atoms with van der Waals surface area (Å²) in [6, 6.07) is 13.0. The monoisotopic (exact) mass is 392 g/mol. The first-order valence-corrected chi connectivity index (χ1v) is 9.46. The Morgan fingerprint density at radius 3 is 2.41 bits per heavy atom. The van der Waals surface area contributed by atoms with Crippen LogP contribution in [0.4, 0.5) is 0 Å². The van der Waals surface area contributed by atoms with Gasteiger partial charge < -0.3 is 15.2 Å². The first kappa shape index (κ1) is 20.3. The third-order valence-electron chi connectivity index (χ3n) is 5.10. The number of hydrogen-bond donors (Lipinski definition) is 1. The molecular formula is C22H22N3O4-. The number of nitrogens with one attached hydrogen (secondary N) is 1. The van der Waals surface area contributed by atoms with Crippen LogP contribution in [-0.4, -0.2) is 21.4 Å². The van der Waals surface area contributed by atoms with Crippen LogP contribution in [0.2, 0.25) is 0 Å². The van der Waals surface area contributed by atoms with Crippen molar-refractivity contribution in [2.75, 3.05) is 0 Å². The zero-order valence-corrected chi connectivity index (χ0v) is 16.2. The van der Waals surface area contributed by atoms with Gasteiger partial charge in [-0.25, -0.2) is 4.98 Å². The van der Waals surface area contributed by atoms with Crippen molar-refractivity contribution in [1.82, 2.24) is 14.9 Å². The summed E-state index contributed by atoms with van der Waals surface area (Å²) >= 11 is 0. The van der Waals surface area contributed by atoms with Gasteiger partial charge in [-0.3, -0.25) is 14.2 Å². The lowest BCUT2D eigenvalue weighted by Gasteiger charge is -2.28. The van der Waals surface area contributed by atoms with E-state index in [1.165, 1.54) is 10.9 Å². The summed E-state index contributed by atoms with van der Waals surface area (Å²) in [5.74, 6) is -2.22. The minimum absolute atomic E-state index is 0.228. The zero-order chi connectivity index (χ0) is 21.0. The average Bonchev–Trinajstić information content (AvgIpc) is 2.74. The van der Waals surface area contributed by atoms with Gasteiger partial charge in [0.1, 0.15) is 6.04 Å². The fraction of sp³-hybridized carbons (Fsp3) is 0.273. The van der Waals surface area contributed by atoms with E-state index in [4.69, 9.17) is 0 Å². The molecule has 0 saturated heterocycles. The average molecular weight is 392 g/mol. The molecule has 7 nitrogen and oxygen atoms in total. The predicted molar refractivity (Wildman–Crippen MR) is 107 cm³/mol. The van der Waals surface area contributed by atoms with E-state index in [1.54, 1.807) is 54.6 Å². The van der Waals surface area contributed by atoms with Gasteiger partial charge in [0.05, 0.1) is 29.2 Å². The second-order valence-corrected chi connectivity index (χ2v) is 6.98. The molecular weight excluding hydrogens is 370 g/mol. The lowest BCUT2D eigenvalue weighted by molar-refractivity contribution is -0.308. The molecule has 1 N–H and O–H groups in total. The highest BCUT2D eigenvalue weighted by Crippen LogP contribution is 2.22. The van der Waals surface area contributed by atoms with Crippen LogP contribution in [0, 0.1) is 5.92 Å². The number of fused-ring (bicyclic) bond motifs is 1. The van der Waals surface area contributed by atoms with Gasteiger partial charge >= 0.3 is 0 Å². The quantitative estimate of drug-likeness (QED) is 0.658. The molecule has 0 aliphatic rings. The van der Waals surface area contributed by atoms with Crippen LogP contribution in [0.1, 0.15) is 37.9 Å². The number of carboxylic acid groups (broad SMARTS) is 1. The second kappa shape index (κ2) is 8.68. The summed E-state index contributed by atoms with van der Waals surface area (Å²) in [7, 11) is 0. The van der Waals surface area contributed by atoms with E-state index in [9.17, 15) is 19.5 Å². The topological polar surface area (TPSA) is 104 Å². The number of nitrogens with zero attached hydrogens (tertiary/aromatic N) is 2. The first-order valence-electron chi connectivity index (χ1n) is 9.46. The van der Waals surface area contributed by atoms with Crippen molar-refractivity contribution in [3.05, 3.63) is 76.8 Å². The number of hydrogen-bond acceptors (Lipinski definition) is 5. The smallest absolute Gasteiger partial charge is 0.261 e. The molecule has 2 aromatic carbocycles. The molecule has 7 heteroatoms. The molecule has 0 unspecified atom stereocenters. The number of amides is 1. The van der Waals surface area contributed by atoms with Crippen LogP contribution >= 0.6 is 0 Å². The Morgan fingerprint density at radius 2 is 1.76 bits per heavy atom. The van der Waals surface area contributed by atoms with Crippen molar-refractivity contribution >= 4 is 22.8 Å². The largest absolute Gasteiger partial charge is 0.548 e. The van der Waals surface area contributed by atoms with E-state index in [0.29, 0.717) is 22.9 Å². The summed E-state index contributed by atoms with van der Waals surface area (Å²) in [4.78, 5) is 42.1. The molecule has 0 spiro atoms. The number of para-hydroxylation sites is 1. The Bertz CT molecular complexity index is 1080. The fourth-order valence-electron chi connectivity index (χ4n) is 3.31. The highest BCUT2D eigenvalue weighted by molar-refractivity contribution is 5.86. The summed E-state index contributed by atoms with van der Waals surface area (Å²) in [6.07, 6.45) is 1.95. The number of aromatic nitrogens is 2. The Kier molecular flexibility index (Phi) is 6.07. The Morgan fingerprint density at radius 1 is 1.10 bits per heavy atom. The molecule has 0 fully saturated rings. The van der Waals surface area contributed by atoms with Gasteiger partial charge in [0, 0.05) is 0 Å². The van der Waals surface area contributed by atoms with Crippen molar-refractivity contribution in [2.45, 2.75) is 32.4 Å². The lowest BCUT2D eigenvalue weighted by Crippen LogP contribution is -2.46. The minimum Gasteiger partial charge on any atom is -0.548 e. The van der Waals surface area contributed by atoms with Gasteiger partial charge in [-0.1, -0.05) is 62.7 Å². The summed E-state index contributed by atoms with van der Waals surface area (Å²) in [5, 5.41) is 14.6. The molecule has 3 atom stereocenters. The van der Waals surface area contributed by atoms with Crippen LogP contribution in [0.3, 0.4) is 0 Å². The van der Waals surface area contributed by atoms with Crippen LogP contribution in [0.15, 0.2) is 65.7 Å². The van der Waals surface area contributed by atoms with Gasteiger partial charge in [-0.2, -0.15) is 0 Å². The molecule has 0 radical (unpaired) electrons. The molecule has 29 heavy (non-hydrogen) atoms. The standard InChI is InChI=1S/C22H23N3O4/c1-3-14(2)19(25-13-23-17-12-8-7-11-16(17)21(25)27)20(26)24-18(22(28)29)15-9-5-4-6-10-15/h4-14,18-19H,3H2,1-2H3,(H,24,26)(H,28,29)/p-1/t14-,18-,19-/m0/s1. The third-order valence-corrected chi connectivity index (χ3v) is 5.10. The van der Waals surface area contributed by atoms with Crippen molar-refractivity contribution in [1.29, 1.82) is 0 Å². The summed E-state index contributed by atoms with van der Waals surface area (Å²) < 4.78 is 1.28.